The van der Waals surface area contributed by atoms with E-state index in [1.807, 2.05) is 0 Å². The van der Waals surface area contributed by atoms with Crippen LogP contribution in [0.4, 0.5) is 0 Å². The molecule has 104 valence electrons. The number of hydrogen-bond donors (Lipinski definition) is 1. The molecule has 7 aliphatic rings. The molecule has 0 unspecified atom stereocenters. The smallest absolute Gasteiger partial charge is 0.160 e. The lowest BCUT2D eigenvalue weighted by Crippen LogP contribution is -2.82. The quantitative estimate of drug-likeness (QED) is 0.639. The fraction of sp³-hybridized carbons (Fsp3) is 1.00. The van der Waals surface area contributed by atoms with E-state index in [0.717, 1.165) is 6.42 Å². The van der Waals surface area contributed by atoms with Gasteiger partial charge in [0.15, 0.2) is 4.33 Å². The maximum absolute atomic E-state index is 11.2. The Morgan fingerprint density at radius 3 is 2.11 bits per heavy atom. The van der Waals surface area contributed by atoms with Crippen LogP contribution in [0.15, 0.2) is 0 Å². The van der Waals surface area contributed by atoms with E-state index >= 15 is 0 Å². The molecule has 7 aliphatic carbocycles. The Morgan fingerprint density at radius 2 is 1.47 bits per heavy atom. The van der Waals surface area contributed by atoms with E-state index in [1.54, 1.807) is 0 Å². The normalized spacial score (nSPS) is 86.4. The average Bonchev–Trinajstić information content (AvgIpc) is 2.94. The van der Waals surface area contributed by atoms with Gasteiger partial charge in [-0.1, -0.05) is 23.2 Å². The third kappa shape index (κ3) is 0.552. The van der Waals surface area contributed by atoms with Gasteiger partial charge < -0.3 is 5.11 Å². The second-order valence-corrected chi connectivity index (χ2v) is 10.9. The van der Waals surface area contributed by atoms with Crippen molar-refractivity contribution in [3.8, 4) is 0 Å². The Labute approximate surface area is 139 Å². The Bertz CT molecular complexity index is 609. The molecule has 19 heavy (non-hydrogen) atoms. The first-order valence-electron chi connectivity index (χ1n) is 6.45. The molecule has 4 bridgehead atoms. The number of hydrogen-bond acceptors (Lipinski definition) is 1. The first kappa shape index (κ1) is 12.2. The predicted molar refractivity (Wildman–Crippen MR) is 75.8 cm³/mol. The van der Waals surface area contributed by atoms with Gasteiger partial charge in [-0.2, -0.15) is 0 Å². The van der Waals surface area contributed by atoms with Crippen molar-refractivity contribution >= 4 is 69.6 Å². The minimum absolute atomic E-state index is 0.0280. The van der Waals surface area contributed by atoms with Crippen LogP contribution in [0.1, 0.15) is 6.42 Å². The van der Waals surface area contributed by atoms with Gasteiger partial charge in [0.05, 0.1) is 10.5 Å². The molecular weight excluding hydrogens is 373 g/mol. The topological polar surface area (TPSA) is 20.2 Å². The van der Waals surface area contributed by atoms with Crippen LogP contribution in [0.3, 0.4) is 0 Å². The number of halogens is 6. The average molecular weight is 381 g/mol. The lowest BCUT2D eigenvalue weighted by molar-refractivity contribution is -0.143. The van der Waals surface area contributed by atoms with Crippen LogP contribution in [0.25, 0.3) is 0 Å². The van der Waals surface area contributed by atoms with Gasteiger partial charge in [0, 0.05) is 5.92 Å². The first-order chi connectivity index (χ1) is 8.59. The van der Waals surface area contributed by atoms with E-state index in [-0.39, 0.29) is 29.6 Å². The Hall–Kier alpha value is 1.70. The van der Waals surface area contributed by atoms with Crippen LogP contribution in [0.5, 0.6) is 0 Å². The van der Waals surface area contributed by atoms with Crippen molar-refractivity contribution in [1.29, 1.82) is 0 Å². The van der Waals surface area contributed by atoms with Crippen molar-refractivity contribution in [1.82, 2.24) is 0 Å². The Kier molecular flexibility index (Phi) is 1.53. The summed E-state index contributed by atoms with van der Waals surface area (Å²) in [5.41, 5.74) is -1.05. The number of alkyl halides is 6. The molecule has 10 atom stereocenters. The van der Waals surface area contributed by atoms with Crippen molar-refractivity contribution in [2.45, 2.75) is 35.9 Å². The maximum Gasteiger partial charge on any atom is 0.160 e. The summed E-state index contributed by atoms with van der Waals surface area (Å²) in [4.78, 5) is -4.39. The highest BCUT2D eigenvalue weighted by Gasteiger charge is 3.15. The molecule has 0 aliphatic heterocycles. The van der Waals surface area contributed by atoms with Crippen LogP contribution in [0.2, 0.25) is 0 Å². The molecule has 7 saturated carbocycles. The molecule has 0 aromatic carbocycles. The Balaban J connectivity index is 1.88. The summed E-state index contributed by atoms with van der Waals surface area (Å²) in [6.07, 6.45) is 0.895. The van der Waals surface area contributed by atoms with Gasteiger partial charge in [0.2, 0.25) is 0 Å². The van der Waals surface area contributed by atoms with E-state index in [0.29, 0.717) is 0 Å². The van der Waals surface area contributed by atoms with E-state index in [4.69, 9.17) is 69.6 Å². The standard InChI is InChI=1S/C12H8Cl6O/c13-8-4-2-1-3-5(4)9(14,12(8,17)18)11(16)7(3,19)6(2)10(8,11)15/h2-6,19H,1H2/t2-,3+,4+,5-,6+,7-,8-,9+,10-,11-/m0/s1. The monoisotopic (exact) mass is 378 g/mol. The van der Waals surface area contributed by atoms with E-state index < -0.39 is 29.4 Å². The van der Waals surface area contributed by atoms with Crippen molar-refractivity contribution in [2.75, 3.05) is 0 Å². The summed E-state index contributed by atoms with van der Waals surface area (Å²) in [6, 6.07) is 0. The molecule has 1 N–H and O–H groups in total. The molecule has 0 spiro atoms. The third-order valence-electron chi connectivity index (χ3n) is 7.62. The molecule has 0 aromatic rings. The van der Waals surface area contributed by atoms with Crippen molar-refractivity contribution < 1.29 is 5.11 Å². The summed E-state index contributed by atoms with van der Waals surface area (Å²) in [6.45, 7) is 0. The van der Waals surface area contributed by atoms with E-state index in [2.05, 4.69) is 0 Å². The summed E-state index contributed by atoms with van der Waals surface area (Å²) < 4.78 is -1.41. The highest BCUT2D eigenvalue weighted by molar-refractivity contribution is 6.65. The molecule has 0 amide bonds. The highest BCUT2D eigenvalue weighted by atomic mass is 35.5. The minimum Gasteiger partial charge on any atom is -0.387 e. The van der Waals surface area contributed by atoms with Crippen LogP contribution >= 0.6 is 69.6 Å². The highest BCUT2D eigenvalue weighted by Crippen LogP contribution is 3.04. The third-order valence-corrected chi connectivity index (χ3v) is 12.9. The second-order valence-electron chi connectivity index (χ2n) is 7.23. The zero-order valence-corrected chi connectivity index (χ0v) is 13.8. The lowest BCUT2D eigenvalue weighted by atomic mass is 9.54. The zero-order chi connectivity index (χ0) is 13.6. The first-order valence-corrected chi connectivity index (χ1v) is 8.72. The van der Waals surface area contributed by atoms with Crippen molar-refractivity contribution in [3.63, 3.8) is 0 Å². The molecule has 1 nitrogen and oxygen atoms in total. The molecule has 0 aromatic heterocycles. The molecule has 0 saturated heterocycles. The molecular formula is C12H8Cl6O. The molecule has 0 radical (unpaired) electrons. The fourth-order valence-corrected chi connectivity index (χ4v) is 12.2. The lowest BCUT2D eigenvalue weighted by Gasteiger charge is -2.64. The van der Waals surface area contributed by atoms with Gasteiger partial charge in [0.1, 0.15) is 14.6 Å². The maximum atomic E-state index is 11.2. The van der Waals surface area contributed by atoms with Gasteiger partial charge in [-0.05, 0) is 30.1 Å². The van der Waals surface area contributed by atoms with Crippen LogP contribution in [-0.4, -0.2) is 34.5 Å². The minimum atomic E-state index is -1.41. The van der Waals surface area contributed by atoms with Crippen LogP contribution < -0.4 is 0 Å². The van der Waals surface area contributed by atoms with Crippen LogP contribution in [0, 0.1) is 29.6 Å². The van der Waals surface area contributed by atoms with Crippen molar-refractivity contribution in [2.24, 2.45) is 29.6 Å². The molecule has 7 fully saturated rings. The summed E-state index contributed by atoms with van der Waals surface area (Å²) >= 11 is 40.9. The van der Waals surface area contributed by atoms with Gasteiger partial charge >= 0.3 is 0 Å². The van der Waals surface area contributed by atoms with E-state index in [1.165, 1.54) is 0 Å². The van der Waals surface area contributed by atoms with E-state index in [9.17, 15) is 5.11 Å². The van der Waals surface area contributed by atoms with Crippen LogP contribution in [-0.2, 0) is 0 Å². The number of rotatable bonds is 0. The molecule has 7 rings (SSSR count). The molecule has 0 heterocycles. The van der Waals surface area contributed by atoms with Gasteiger partial charge in [-0.25, -0.2) is 0 Å². The molecule has 7 heteroatoms. The van der Waals surface area contributed by atoms with Gasteiger partial charge in [-0.3, -0.25) is 0 Å². The second kappa shape index (κ2) is 2.39. The Morgan fingerprint density at radius 1 is 0.842 bits per heavy atom. The summed E-state index contributed by atoms with van der Waals surface area (Å²) in [7, 11) is 0. The largest absolute Gasteiger partial charge is 0.387 e. The van der Waals surface area contributed by atoms with Crippen molar-refractivity contribution in [3.05, 3.63) is 0 Å². The van der Waals surface area contributed by atoms with Gasteiger partial charge in [-0.15, -0.1) is 46.4 Å². The number of aliphatic hydroxyl groups is 1. The summed E-state index contributed by atoms with van der Waals surface area (Å²) in [5, 5.41) is 11.2. The summed E-state index contributed by atoms with van der Waals surface area (Å²) in [5.74, 6) is 0.211. The SMILES string of the molecule is O[C@@]12[C@@H]3C[C@H]4[C@@H]5[C@H]3[C@]3(Cl)C(Cl)(Cl)[C@@]5(Cl)[C@@](Cl)([C@H]41)[C@]23Cl. The zero-order valence-electron chi connectivity index (χ0n) is 9.31. The predicted octanol–water partition coefficient (Wildman–Crippen LogP) is 3.35. The van der Waals surface area contributed by atoms with Gasteiger partial charge in [0.25, 0.3) is 0 Å². The fourth-order valence-electron chi connectivity index (χ4n) is 7.65.